The third-order valence-electron chi connectivity index (χ3n) is 2.92. The number of nitrogens with two attached hydrogens (primary N) is 1. The van der Waals surface area contributed by atoms with E-state index in [0.717, 1.165) is 28.4 Å². The van der Waals surface area contributed by atoms with Crippen molar-refractivity contribution in [1.29, 1.82) is 0 Å². The SMILES string of the molecule is Cn1c(-c2nnc(SCC(N)=O)o2)cc2ccccc21. The highest BCUT2D eigenvalue weighted by molar-refractivity contribution is 7.99. The van der Waals surface area contributed by atoms with Crippen molar-refractivity contribution in [2.24, 2.45) is 12.8 Å². The van der Waals surface area contributed by atoms with Crippen LogP contribution in [0.1, 0.15) is 0 Å². The Hall–Kier alpha value is -2.28. The maximum absolute atomic E-state index is 10.7. The summed E-state index contributed by atoms with van der Waals surface area (Å²) >= 11 is 1.13. The van der Waals surface area contributed by atoms with E-state index in [1.165, 1.54) is 0 Å². The van der Waals surface area contributed by atoms with E-state index in [0.29, 0.717) is 11.1 Å². The van der Waals surface area contributed by atoms with Crippen LogP contribution in [-0.4, -0.2) is 26.4 Å². The van der Waals surface area contributed by atoms with E-state index in [9.17, 15) is 4.79 Å². The van der Waals surface area contributed by atoms with Gasteiger partial charge < -0.3 is 14.7 Å². The highest BCUT2D eigenvalue weighted by atomic mass is 32.2. The number of amides is 1. The van der Waals surface area contributed by atoms with Crippen LogP contribution in [0.25, 0.3) is 22.5 Å². The van der Waals surface area contributed by atoms with Gasteiger partial charge in [0, 0.05) is 18.0 Å². The number of nitrogens with zero attached hydrogens (tertiary/aromatic N) is 3. The maximum atomic E-state index is 10.7. The molecule has 20 heavy (non-hydrogen) atoms. The summed E-state index contributed by atoms with van der Waals surface area (Å²) in [7, 11) is 1.94. The average Bonchev–Trinajstić information content (AvgIpc) is 3.02. The summed E-state index contributed by atoms with van der Waals surface area (Å²) in [5.41, 5.74) is 7.01. The molecule has 102 valence electrons. The van der Waals surface area contributed by atoms with Gasteiger partial charge in [-0.3, -0.25) is 4.79 Å². The molecule has 2 aromatic heterocycles. The lowest BCUT2D eigenvalue weighted by atomic mass is 10.2. The van der Waals surface area contributed by atoms with E-state index < -0.39 is 5.91 Å². The quantitative estimate of drug-likeness (QED) is 0.740. The van der Waals surface area contributed by atoms with Crippen LogP contribution in [0.4, 0.5) is 0 Å². The number of rotatable bonds is 4. The van der Waals surface area contributed by atoms with Crippen LogP contribution in [0.3, 0.4) is 0 Å². The van der Waals surface area contributed by atoms with Gasteiger partial charge in [0.15, 0.2) is 0 Å². The summed E-state index contributed by atoms with van der Waals surface area (Å²) in [4.78, 5) is 10.7. The van der Waals surface area contributed by atoms with E-state index in [-0.39, 0.29) is 5.75 Å². The van der Waals surface area contributed by atoms with Gasteiger partial charge in [-0.05, 0) is 12.1 Å². The lowest BCUT2D eigenvalue weighted by Gasteiger charge is -1.98. The summed E-state index contributed by atoms with van der Waals surface area (Å²) in [6.07, 6.45) is 0. The standard InChI is InChI=1S/C13H12N4O2S/c1-17-9-5-3-2-4-8(9)6-10(17)12-15-16-13(19-12)20-7-11(14)18/h2-6H,7H2,1H3,(H2,14,18). The van der Waals surface area contributed by atoms with Crippen LogP contribution < -0.4 is 5.73 Å². The van der Waals surface area contributed by atoms with Crippen LogP contribution >= 0.6 is 11.8 Å². The van der Waals surface area contributed by atoms with Crippen LogP contribution in [0.2, 0.25) is 0 Å². The van der Waals surface area contributed by atoms with Crippen molar-refractivity contribution >= 4 is 28.6 Å². The number of primary amides is 1. The molecule has 0 fully saturated rings. The molecule has 1 amide bonds. The van der Waals surface area contributed by atoms with Crippen molar-refractivity contribution in [3.8, 4) is 11.6 Å². The third kappa shape index (κ3) is 2.27. The van der Waals surface area contributed by atoms with Gasteiger partial charge in [0.05, 0.1) is 5.75 Å². The minimum absolute atomic E-state index is 0.122. The first-order valence-electron chi connectivity index (χ1n) is 5.94. The molecule has 7 heteroatoms. The van der Waals surface area contributed by atoms with Crippen molar-refractivity contribution in [2.45, 2.75) is 5.22 Å². The number of benzene rings is 1. The van der Waals surface area contributed by atoms with Crippen molar-refractivity contribution in [1.82, 2.24) is 14.8 Å². The highest BCUT2D eigenvalue weighted by Crippen LogP contribution is 2.28. The lowest BCUT2D eigenvalue weighted by Crippen LogP contribution is -2.12. The second-order valence-electron chi connectivity index (χ2n) is 4.28. The van der Waals surface area contributed by atoms with Crippen molar-refractivity contribution in [3.63, 3.8) is 0 Å². The molecule has 3 aromatic rings. The van der Waals surface area contributed by atoms with Gasteiger partial charge in [-0.25, -0.2) is 0 Å². The Labute approximate surface area is 119 Å². The van der Waals surface area contributed by atoms with E-state index in [4.69, 9.17) is 10.2 Å². The topological polar surface area (TPSA) is 86.9 Å². The minimum atomic E-state index is -0.417. The Morgan fingerprint density at radius 1 is 1.40 bits per heavy atom. The first-order valence-corrected chi connectivity index (χ1v) is 6.93. The molecule has 0 saturated carbocycles. The molecule has 3 rings (SSSR count). The Bertz CT molecular complexity index is 778. The molecule has 0 aliphatic rings. The number of aryl methyl sites for hydroxylation is 1. The monoisotopic (exact) mass is 288 g/mol. The molecule has 0 bridgehead atoms. The van der Waals surface area contributed by atoms with Crippen molar-refractivity contribution in [2.75, 3.05) is 5.75 Å². The number of fused-ring (bicyclic) bond motifs is 1. The zero-order valence-corrected chi connectivity index (χ0v) is 11.6. The van der Waals surface area contributed by atoms with Gasteiger partial charge in [-0.15, -0.1) is 10.2 Å². The zero-order valence-electron chi connectivity index (χ0n) is 10.7. The van der Waals surface area contributed by atoms with Gasteiger partial charge in [0.1, 0.15) is 5.69 Å². The van der Waals surface area contributed by atoms with Crippen LogP contribution in [0, 0.1) is 0 Å². The predicted molar refractivity (Wildman–Crippen MR) is 76.1 cm³/mol. The fourth-order valence-electron chi connectivity index (χ4n) is 2.00. The van der Waals surface area contributed by atoms with E-state index in [1.807, 2.05) is 41.9 Å². The number of carbonyl (C=O) groups excluding carboxylic acids is 1. The number of hydrogen-bond donors (Lipinski definition) is 1. The number of thioether (sulfide) groups is 1. The Kier molecular flexibility index (Phi) is 3.19. The molecule has 1 aromatic carbocycles. The van der Waals surface area contributed by atoms with Gasteiger partial charge >= 0.3 is 0 Å². The number of carbonyl (C=O) groups is 1. The molecule has 0 unspecified atom stereocenters. The van der Waals surface area contributed by atoms with E-state index in [2.05, 4.69) is 10.2 Å². The number of hydrogen-bond acceptors (Lipinski definition) is 5. The second kappa shape index (κ2) is 5.01. The minimum Gasteiger partial charge on any atom is -0.410 e. The summed E-state index contributed by atoms with van der Waals surface area (Å²) in [6, 6.07) is 10.0. The fraction of sp³-hybridized carbons (Fsp3) is 0.154. The number of para-hydroxylation sites is 1. The molecule has 0 aliphatic carbocycles. The van der Waals surface area contributed by atoms with Crippen LogP contribution in [0.15, 0.2) is 40.0 Å². The molecule has 0 spiro atoms. The molecular weight excluding hydrogens is 276 g/mol. The predicted octanol–water partition coefficient (Wildman–Crippen LogP) is 1.81. The van der Waals surface area contributed by atoms with Crippen LogP contribution in [-0.2, 0) is 11.8 Å². The molecule has 2 N–H and O–H groups in total. The van der Waals surface area contributed by atoms with Gasteiger partial charge in [-0.1, -0.05) is 30.0 Å². The van der Waals surface area contributed by atoms with E-state index in [1.54, 1.807) is 0 Å². The van der Waals surface area contributed by atoms with E-state index >= 15 is 0 Å². The van der Waals surface area contributed by atoms with Crippen LogP contribution in [0.5, 0.6) is 0 Å². The normalized spacial score (nSPS) is 11.1. The molecule has 0 radical (unpaired) electrons. The third-order valence-corrected chi connectivity index (χ3v) is 3.76. The Morgan fingerprint density at radius 2 is 2.20 bits per heavy atom. The Morgan fingerprint density at radius 3 is 2.95 bits per heavy atom. The van der Waals surface area contributed by atoms with Gasteiger partial charge in [0.2, 0.25) is 5.91 Å². The fourth-order valence-corrected chi connectivity index (χ4v) is 2.50. The molecule has 6 nitrogen and oxygen atoms in total. The van der Waals surface area contributed by atoms with Gasteiger partial charge in [-0.2, -0.15) is 0 Å². The molecule has 0 aliphatic heterocycles. The van der Waals surface area contributed by atoms with Crippen molar-refractivity contribution < 1.29 is 9.21 Å². The first kappa shape index (κ1) is 12.7. The molecule has 0 atom stereocenters. The zero-order chi connectivity index (χ0) is 14.1. The Balaban J connectivity index is 1.95. The highest BCUT2D eigenvalue weighted by Gasteiger charge is 2.14. The second-order valence-corrected chi connectivity index (χ2v) is 5.20. The smallest absolute Gasteiger partial charge is 0.277 e. The lowest BCUT2D eigenvalue weighted by molar-refractivity contribution is -0.115. The summed E-state index contributed by atoms with van der Waals surface area (Å²) in [5, 5.41) is 9.35. The first-order chi connectivity index (χ1) is 9.65. The summed E-state index contributed by atoms with van der Waals surface area (Å²) < 4.78 is 7.53. The molecule has 2 heterocycles. The number of aromatic nitrogens is 3. The average molecular weight is 288 g/mol. The maximum Gasteiger partial charge on any atom is 0.277 e. The van der Waals surface area contributed by atoms with Crippen molar-refractivity contribution in [3.05, 3.63) is 30.3 Å². The van der Waals surface area contributed by atoms with Gasteiger partial charge in [0.25, 0.3) is 11.1 Å². The largest absolute Gasteiger partial charge is 0.410 e. The molecule has 0 saturated heterocycles. The molecular formula is C13H12N4O2S. The summed E-state index contributed by atoms with van der Waals surface area (Å²) in [6.45, 7) is 0. The summed E-state index contributed by atoms with van der Waals surface area (Å²) in [5.74, 6) is 0.131.